The van der Waals surface area contributed by atoms with Crippen LogP contribution in [0.1, 0.15) is 61.1 Å². The molecule has 8 heteroatoms. The molecule has 0 radical (unpaired) electrons. The van der Waals surface area contributed by atoms with Gasteiger partial charge in [0.15, 0.2) is 5.78 Å². The molecule has 1 aromatic carbocycles. The first-order valence-electron chi connectivity index (χ1n) is 11.3. The molecule has 1 N–H and O–H groups in total. The molecule has 1 aliphatic carbocycles. The largest absolute Gasteiger partial charge is 0.494 e. The van der Waals surface area contributed by atoms with E-state index in [1.165, 1.54) is 0 Å². The predicted molar refractivity (Wildman–Crippen MR) is 122 cm³/mol. The van der Waals surface area contributed by atoms with Crippen molar-refractivity contribution in [2.75, 3.05) is 26.4 Å². The summed E-state index contributed by atoms with van der Waals surface area (Å²) in [6.45, 7) is 3.02. The summed E-state index contributed by atoms with van der Waals surface area (Å²) >= 11 is 0. The van der Waals surface area contributed by atoms with Crippen molar-refractivity contribution in [2.24, 2.45) is 0 Å². The summed E-state index contributed by atoms with van der Waals surface area (Å²) < 4.78 is 16.1. The number of aromatic nitrogens is 2. The molecule has 33 heavy (non-hydrogen) atoms. The second-order valence-electron chi connectivity index (χ2n) is 7.68. The third kappa shape index (κ3) is 7.29. The van der Waals surface area contributed by atoms with E-state index in [1.807, 2.05) is 13.0 Å². The van der Waals surface area contributed by atoms with Crippen LogP contribution in [-0.2, 0) is 14.3 Å². The van der Waals surface area contributed by atoms with Crippen LogP contribution in [0.25, 0.3) is 12.2 Å². The molecule has 1 unspecified atom stereocenters. The lowest BCUT2D eigenvalue weighted by Crippen LogP contribution is -2.26. The first kappa shape index (κ1) is 24.2. The lowest BCUT2D eigenvalue weighted by atomic mass is 10.1. The Morgan fingerprint density at radius 2 is 1.91 bits per heavy atom. The van der Waals surface area contributed by atoms with Gasteiger partial charge < -0.3 is 19.2 Å². The van der Waals surface area contributed by atoms with Crippen molar-refractivity contribution in [3.8, 4) is 11.8 Å². The number of fused-ring (bicyclic) bond motifs is 1. The van der Waals surface area contributed by atoms with E-state index in [2.05, 4.69) is 22.1 Å². The number of imidazole rings is 1. The van der Waals surface area contributed by atoms with Crippen LogP contribution in [0.5, 0.6) is 5.75 Å². The maximum absolute atomic E-state index is 12.2. The molecule has 0 bridgehead atoms. The van der Waals surface area contributed by atoms with Crippen LogP contribution in [0.3, 0.4) is 0 Å². The topological polar surface area (TPSA) is 114 Å². The number of esters is 1. The van der Waals surface area contributed by atoms with Gasteiger partial charge in [-0.15, -0.1) is 0 Å². The molecule has 0 saturated heterocycles. The van der Waals surface area contributed by atoms with Gasteiger partial charge in [0, 0.05) is 12.0 Å². The number of Topliss-reactive ketones (excluding diaryl/α,β-unsaturated/α-hetero) is 1. The highest BCUT2D eigenvalue weighted by Crippen LogP contribution is 2.14. The van der Waals surface area contributed by atoms with Crippen LogP contribution in [0, 0.1) is 11.3 Å². The monoisotopic (exact) mass is 451 g/mol. The molecule has 174 valence electrons. The Hall–Kier alpha value is -3.44. The van der Waals surface area contributed by atoms with Crippen LogP contribution in [-0.4, -0.2) is 48.1 Å². The fourth-order valence-electron chi connectivity index (χ4n) is 3.33. The number of H-pyrrole nitrogens is 1. The Morgan fingerprint density at radius 1 is 1.12 bits per heavy atom. The molecule has 1 heterocycles. The first-order chi connectivity index (χ1) is 16.1. The number of rotatable bonds is 13. The van der Waals surface area contributed by atoms with E-state index in [4.69, 9.17) is 14.2 Å². The van der Waals surface area contributed by atoms with Gasteiger partial charge in [-0.1, -0.05) is 19.1 Å². The third-order valence-electron chi connectivity index (χ3n) is 5.10. The number of nitriles is 1. The van der Waals surface area contributed by atoms with Gasteiger partial charge in [-0.05, 0) is 43.5 Å². The normalized spacial score (nSPS) is 13.1. The molecular weight excluding hydrogens is 422 g/mol. The van der Waals surface area contributed by atoms with Crippen LogP contribution < -0.4 is 15.4 Å². The zero-order valence-corrected chi connectivity index (χ0v) is 18.8. The van der Waals surface area contributed by atoms with Gasteiger partial charge in [-0.25, -0.2) is 4.98 Å². The second kappa shape index (κ2) is 12.6. The van der Waals surface area contributed by atoms with Crippen LogP contribution in [0.4, 0.5) is 0 Å². The Bertz CT molecular complexity index is 1070. The van der Waals surface area contributed by atoms with E-state index in [0.717, 1.165) is 35.7 Å². The van der Waals surface area contributed by atoms with Crippen LogP contribution in [0.2, 0.25) is 0 Å². The van der Waals surface area contributed by atoms with E-state index >= 15 is 0 Å². The minimum absolute atomic E-state index is 0.00130. The number of hydrogen-bond acceptors (Lipinski definition) is 7. The highest BCUT2D eigenvalue weighted by Gasteiger charge is 2.16. The minimum atomic E-state index is -0.524. The highest BCUT2D eigenvalue weighted by molar-refractivity contribution is 5.97. The van der Waals surface area contributed by atoms with E-state index in [-0.39, 0.29) is 38.4 Å². The van der Waals surface area contributed by atoms with Crippen molar-refractivity contribution in [3.05, 3.63) is 46.4 Å². The standard InChI is InChI=1S/C25H29N3O5/c1-2-13-32-20-9-7-18(8-10-20)23(29)11-12-24(30)33-15-14-31-17-19(16-26)25-27-21-5-3-4-6-22(21)28-25/h5-10,19H,2-4,11-15,17H2,1H3,(H,27,28). The fourth-order valence-corrected chi connectivity index (χ4v) is 3.33. The van der Waals surface area contributed by atoms with E-state index < -0.39 is 11.9 Å². The molecule has 1 atom stereocenters. The Balaban J connectivity index is 1.33. The number of nitrogens with zero attached hydrogens (tertiary/aromatic N) is 2. The van der Waals surface area contributed by atoms with E-state index in [0.29, 0.717) is 18.0 Å². The number of aromatic amines is 1. The summed E-state index contributed by atoms with van der Waals surface area (Å²) in [5.41, 5.74) is 0.535. The summed E-state index contributed by atoms with van der Waals surface area (Å²) in [4.78, 5) is 31.8. The van der Waals surface area contributed by atoms with Gasteiger partial charge in [0.05, 0.1) is 43.0 Å². The lowest BCUT2D eigenvalue weighted by molar-refractivity contribution is -0.145. The van der Waals surface area contributed by atoms with Crippen LogP contribution >= 0.6 is 0 Å². The maximum Gasteiger partial charge on any atom is 0.306 e. The second-order valence-corrected chi connectivity index (χ2v) is 7.68. The van der Waals surface area contributed by atoms with Crippen molar-refractivity contribution in [2.45, 2.75) is 44.9 Å². The number of hydrogen-bond donors (Lipinski definition) is 1. The lowest BCUT2D eigenvalue weighted by Gasteiger charge is -2.09. The molecule has 0 spiro atoms. The van der Waals surface area contributed by atoms with Gasteiger partial charge in [0.2, 0.25) is 0 Å². The molecule has 0 amide bonds. The van der Waals surface area contributed by atoms with Crippen molar-refractivity contribution in [3.63, 3.8) is 0 Å². The average Bonchev–Trinajstić information content (AvgIpc) is 3.27. The SMILES string of the molecule is CCCOc1ccc(C(=O)CCC(=O)OCCOCC(C#N)c2nc3c([nH]2)=CCCC=3)cc1. The van der Waals surface area contributed by atoms with Gasteiger partial charge in [-0.3, -0.25) is 9.59 Å². The molecule has 3 rings (SSSR count). The summed E-state index contributed by atoms with van der Waals surface area (Å²) in [5.74, 6) is 0.186. The molecule has 0 fully saturated rings. The average molecular weight is 452 g/mol. The predicted octanol–water partition coefficient (Wildman–Crippen LogP) is 2.38. The summed E-state index contributed by atoms with van der Waals surface area (Å²) in [7, 11) is 0. The van der Waals surface area contributed by atoms with Gasteiger partial charge in [0.25, 0.3) is 0 Å². The molecule has 0 saturated carbocycles. The Morgan fingerprint density at radius 3 is 2.64 bits per heavy atom. The quantitative estimate of drug-likeness (QED) is 0.282. The number of benzene rings is 1. The zero-order valence-electron chi connectivity index (χ0n) is 18.8. The van der Waals surface area contributed by atoms with Crippen LogP contribution in [0.15, 0.2) is 24.3 Å². The fraction of sp³-hybridized carbons (Fsp3) is 0.440. The summed E-state index contributed by atoms with van der Waals surface area (Å²) in [6, 6.07) is 9.09. The van der Waals surface area contributed by atoms with Crippen molar-refractivity contribution < 1.29 is 23.8 Å². The van der Waals surface area contributed by atoms with Gasteiger partial charge >= 0.3 is 5.97 Å². The minimum Gasteiger partial charge on any atom is -0.494 e. The van der Waals surface area contributed by atoms with Crippen molar-refractivity contribution >= 4 is 23.9 Å². The summed E-state index contributed by atoms with van der Waals surface area (Å²) in [6.07, 6.45) is 7.01. The van der Waals surface area contributed by atoms with Crippen molar-refractivity contribution in [1.29, 1.82) is 5.26 Å². The zero-order chi connectivity index (χ0) is 23.5. The molecular formula is C25H29N3O5. The van der Waals surface area contributed by atoms with Gasteiger partial charge in [-0.2, -0.15) is 5.26 Å². The van der Waals surface area contributed by atoms with Crippen molar-refractivity contribution in [1.82, 2.24) is 9.97 Å². The molecule has 1 aromatic heterocycles. The Labute approximate surface area is 192 Å². The highest BCUT2D eigenvalue weighted by atomic mass is 16.6. The number of carbonyl (C=O) groups is 2. The number of nitrogens with one attached hydrogen (secondary N) is 1. The molecule has 1 aliphatic rings. The third-order valence-corrected chi connectivity index (χ3v) is 5.10. The van der Waals surface area contributed by atoms with E-state index in [9.17, 15) is 14.9 Å². The number of ether oxygens (including phenoxy) is 3. The maximum atomic E-state index is 12.2. The molecule has 8 nitrogen and oxygen atoms in total. The summed E-state index contributed by atoms with van der Waals surface area (Å²) in [5, 5.41) is 11.2. The molecule has 2 aromatic rings. The molecule has 0 aliphatic heterocycles. The van der Waals surface area contributed by atoms with Gasteiger partial charge in [0.1, 0.15) is 24.1 Å². The number of carbonyl (C=O) groups excluding carboxylic acids is 2. The Kier molecular flexibility index (Phi) is 9.21. The smallest absolute Gasteiger partial charge is 0.306 e. The van der Waals surface area contributed by atoms with E-state index in [1.54, 1.807) is 24.3 Å². The number of ketones is 1. The first-order valence-corrected chi connectivity index (χ1v) is 11.3.